The lowest BCUT2D eigenvalue weighted by molar-refractivity contribution is -0.385. The Morgan fingerprint density at radius 2 is 1.81 bits per heavy atom. The molecule has 0 unspecified atom stereocenters. The third-order valence-corrected chi connectivity index (χ3v) is 7.11. The van der Waals surface area contributed by atoms with Crippen LogP contribution in [0.15, 0.2) is 36.4 Å². The van der Waals surface area contributed by atoms with Gasteiger partial charge in [-0.25, -0.2) is 4.98 Å². The molecule has 3 heterocycles. The number of rotatable bonds is 4. The lowest BCUT2D eigenvalue weighted by Crippen LogP contribution is -2.49. The first kappa shape index (κ1) is 20.7. The van der Waals surface area contributed by atoms with Crippen molar-refractivity contribution in [3.8, 4) is 11.5 Å². The van der Waals surface area contributed by atoms with E-state index in [9.17, 15) is 14.9 Å². The molecule has 32 heavy (non-hydrogen) atoms. The Labute approximate surface area is 188 Å². The number of piperazine rings is 1. The lowest BCUT2D eigenvalue weighted by Gasteiger charge is -2.37. The number of thiazole rings is 1. The van der Waals surface area contributed by atoms with Gasteiger partial charge in [0, 0.05) is 32.2 Å². The minimum atomic E-state index is -0.545. The van der Waals surface area contributed by atoms with Gasteiger partial charge in [0.05, 0.1) is 27.2 Å². The smallest absolute Gasteiger partial charge is 0.286 e. The SMILES string of the molecule is C[C@H](c1nc2ccccc2s1)N1CCN(C(=O)c2cc3c(cc2[N+](=O)[O-])OCCO3)CC1. The third-order valence-electron chi connectivity index (χ3n) is 5.90. The number of amides is 1. The van der Waals surface area contributed by atoms with Crippen LogP contribution in [0.3, 0.4) is 0 Å². The number of nitro groups is 1. The summed E-state index contributed by atoms with van der Waals surface area (Å²) in [6.45, 7) is 5.11. The first-order valence-electron chi connectivity index (χ1n) is 10.5. The molecule has 1 fully saturated rings. The van der Waals surface area contributed by atoms with Gasteiger partial charge in [-0.1, -0.05) is 12.1 Å². The normalized spacial score (nSPS) is 17.3. The summed E-state index contributed by atoms with van der Waals surface area (Å²) in [4.78, 5) is 32.9. The summed E-state index contributed by atoms with van der Waals surface area (Å²) in [5, 5.41) is 12.6. The van der Waals surface area contributed by atoms with E-state index in [-0.39, 0.29) is 23.2 Å². The van der Waals surface area contributed by atoms with Gasteiger partial charge in [-0.2, -0.15) is 0 Å². The maximum absolute atomic E-state index is 13.2. The molecule has 1 saturated heterocycles. The zero-order chi connectivity index (χ0) is 22.2. The zero-order valence-corrected chi connectivity index (χ0v) is 18.3. The predicted octanol–water partition coefficient (Wildman–Crippen LogP) is 3.49. The first-order valence-corrected chi connectivity index (χ1v) is 11.3. The Morgan fingerprint density at radius 3 is 2.50 bits per heavy atom. The van der Waals surface area contributed by atoms with Gasteiger partial charge in [0.25, 0.3) is 11.6 Å². The van der Waals surface area contributed by atoms with Crippen LogP contribution < -0.4 is 9.47 Å². The van der Waals surface area contributed by atoms with Gasteiger partial charge < -0.3 is 14.4 Å². The summed E-state index contributed by atoms with van der Waals surface area (Å²) >= 11 is 1.69. The topological polar surface area (TPSA) is 98.0 Å². The van der Waals surface area contributed by atoms with Crippen LogP contribution in [-0.2, 0) is 0 Å². The molecule has 10 heteroatoms. The number of hydrogen-bond donors (Lipinski definition) is 0. The van der Waals surface area contributed by atoms with Gasteiger partial charge in [-0.05, 0) is 19.1 Å². The minimum absolute atomic E-state index is 0.0342. The molecule has 0 bridgehead atoms. The average Bonchev–Trinajstić information content (AvgIpc) is 3.26. The van der Waals surface area contributed by atoms with Crippen molar-refractivity contribution in [2.45, 2.75) is 13.0 Å². The van der Waals surface area contributed by atoms with Crippen LogP contribution in [0.25, 0.3) is 10.2 Å². The van der Waals surface area contributed by atoms with E-state index in [2.05, 4.69) is 17.9 Å². The highest BCUT2D eigenvalue weighted by molar-refractivity contribution is 7.18. The molecular formula is C22H22N4O5S. The molecule has 2 aromatic carbocycles. The summed E-state index contributed by atoms with van der Waals surface area (Å²) in [6.07, 6.45) is 0. The Morgan fingerprint density at radius 1 is 1.12 bits per heavy atom. The maximum Gasteiger partial charge on any atom is 0.286 e. The zero-order valence-electron chi connectivity index (χ0n) is 17.5. The van der Waals surface area contributed by atoms with E-state index in [1.165, 1.54) is 12.1 Å². The quantitative estimate of drug-likeness (QED) is 0.440. The Kier molecular flexibility index (Phi) is 5.40. The Balaban J connectivity index is 1.31. The van der Waals surface area contributed by atoms with Crippen molar-refractivity contribution in [1.29, 1.82) is 0 Å². The van der Waals surface area contributed by atoms with Crippen molar-refractivity contribution in [2.24, 2.45) is 0 Å². The molecule has 3 aromatic rings. The van der Waals surface area contributed by atoms with Crippen molar-refractivity contribution in [3.05, 3.63) is 57.1 Å². The molecule has 1 atom stereocenters. The van der Waals surface area contributed by atoms with E-state index in [1.54, 1.807) is 16.2 Å². The highest BCUT2D eigenvalue weighted by atomic mass is 32.1. The van der Waals surface area contributed by atoms with Crippen molar-refractivity contribution in [2.75, 3.05) is 39.4 Å². The number of hydrogen-bond acceptors (Lipinski definition) is 8. The molecule has 9 nitrogen and oxygen atoms in total. The summed E-state index contributed by atoms with van der Waals surface area (Å²) in [5.41, 5.74) is 0.774. The number of nitro benzene ring substituents is 1. The lowest BCUT2D eigenvalue weighted by atomic mass is 10.1. The minimum Gasteiger partial charge on any atom is -0.486 e. The molecular weight excluding hydrogens is 432 g/mol. The molecule has 0 N–H and O–H groups in total. The highest BCUT2D eigenvalue weighted by Crippen LogP contribution is 2.37. The number of fused-ring (bicyclic) bond motifs is 2. The summed E-state index contributed by atoms with van der Waals surface area (Å²) < 4.78 is 12.1. The van der Waals surface area contributed by atoms with Gasteiger partial charge in [-0.3, -0.25) is 19.8 Å². The fraction of sp³-hybridized carbons (Fsp3) is 0.364. The van der Waals surface area contributed by atoms with Crippen LogP contribution in [0, 0.1) is 10.1 Å². The van der Waals surface area contributed by atoms with E-state index in [4.69, 9.17) is 14.5 Å². The van der Waals surface area contributed by atoms with E-state index < -0.39 is 4.92 Å². The van der Waals surface area contributed by atoms with Crippen LogP contribution in [0.5, 0.6) is 11.5 Å². The molecule has 1 aromatic heterocycles. The molecule has 0 saturated carbocycles. The molecule has 0 spiro atoms. The number of ether oxygens (including phenoxy) is 2. The van der Waals surface area contributed by atoms with E-state index in [0.29, 0.717) is 50.9 Å². The average molecular weight is 455 g/mol. The molecule has 2 aliphatic rings. The standard InChI is InChI=1S/C22H22N4O5S/c1-14(21-23-16-4-2-3-5-20(16)32-21)24-6-8-25(9-7-24)22(27)15-12-18-19(31-11-10-30-18)13-17(15)26(28)29/h2-5,12-14H,6-11H2,1H3/t14-/m1/s1. The second kappa shape index (κ2) is 8.36. The van der Waals surface area contributed by atoms with Crippen molar-refractivity contribution in [1.82, 2.24) is 14.8 Å². The number of carbonyl (C=O) groups is 1. The van der Waals surface area contributed by atoms with Gasteiger partial charge in [0.15, 0.2) is 11.5 Å². The van der Waals surface area contributed by atoms with Gasteiger partial charge in [-0.15, -0.1) is 11.3 Å². The van der Waals surface area contributed by atoms with E-state index in [1.807, 2.05) is 18.2 Å². The van der Waals surface area contributed by atoms with Crippen LogP contribution in [0.4, 0.5) is 5.69 Å². The van der Waals surface area contributed by atoms with Crippen molar-refractivity contribution >= 4 is 33.1 Å². The fourth-order valence-electron chi connectivity index (χ4n) is 4.11. The molecule has 1 amide bonds. The third kappa shape index (κ3) is 3.76. The summed E-state index contributed by atoms with van der Waals surface area (Å²) in [7, 11) is 0. The molecule has 0 radical (unpaired) electrons. The monoisotopic (exact) mass is 454 g/mol. The Bertz CT molecular complexity index is 1160. The number of benzene rings is 2. The van der Waals surface area contributed by atoms with Gasteiger partial charge in [0.2, 0.25) is 0 Å². The van der Waals surface area contributed by atoms with Crippen LogP contribution in [0.1, 0.15) is 28.3 Å². The molecule has 2 aliphatic heterocycles. The number of carbonyl (C=O) groups excluding carboxylic acids is 1. The number of aromatic nitrogens is 1. The first-order chi connectivity index (χ1) is 15.5. The van der Waals surface area contributed by atoms with Gasteiger partial charge >= 0.3 is 0 Å². The number of para-hydroxylation sites is 1. The van der Waals surface area contributed by atoms with Crippen LogP contribution in [0.2, 0.25) is 0 Å². The molecule has 5 rings (SSSR count). The molecule has 166 valence electrons. The van der Waals surface area contributed by atoms with Crippen molar-refractivity contribution < 1.29 is 19.2 Å². The largest absolute Gasteiger partial charge is 0.486 e. The second-order valence-electron chi connectivity index (χ2n) is 7.79. The summed E-state index contributed by atoms with van der Waals surface area (Å²) in [5.74, 6) is 0.309. The Hall–Kier alpha value is -3.24. The summed E-state index contributed by atoms with van der Waals surface area (Å²) in [6, 6.07) is 10.9. The van der Waals surface area contributed by atoms with Crippen molar-refractivity contribution in [3.63, 3.8) is 0 Å². The number of nitrogens with zero attached hydrogens (tertiary/aromatic N) is 4. The maximum atomic E-state index is 13.2. The van der Waals surface area contributed by atoms with E-state index in [0.717, 1.165) is 15.2 Å². The van der Waals surface area contributed by atoms with E-state index >= 15 is 0 Å². The molecule has 0 aliphatic carbocycles. The van der Waals surface area contributed by atoms with Crippen LogP contribution in [-0.4, -0.2) is 65.0 Å². The predicted molar refractivity (Wildman–Crippen MR) is 120 cm³/mol. The highest BCUT2D eigenvalue weighted by Gasteiger charge is 2.32. The van der Waals surface area contributed by atoms with Gasteiger partial charge in [0.1, 0.15) is 23.8 Å². The van der Waals surface area contributed by atoms with Crippen LogP contribution >= 0.6 is 11.3 Å². The second-order valence-corrected chi connectivity index (χ2v) is 8.86. The fourth-order valence-corrected chi connectivity index (χ4v) is 5.16.